The first-order chi connectivity index (χ1) is 10.1. The van der Waals surface area contributed by atoms with Crippen molar-refractivity contribution in [3.8, 4) is 5.75 Å². The van der Waals surface area contributed by atoms with Crippen molar-refractivity contribution in [2.75, 3.05) is 44.2 Å². The van der Waals surface area contributed by atoms with E-state index in [0.29, 0.717) is 5.75 Å². The molecule has 0 radical (unpaired) electrons. The third-order valence-corrected chi connectivity index (χ3v) is 2.91. The monoisotopic (exact) mass is 302 g/mol. The van der Waals surface area contributed by atoms with Crippen molar-refractivity contribution < 1.29 is 13.5 Å². The van der Waals surface area contributed by atoms with Crippen LogP contribution < -0.4 is 20.7 Å². The fraction of sp³-hybridized carbons (Fsp3) is 0.643. The van der Waals surface area contributed by atoms with Crippen molar-refractivity contribution in [1.82, 2.24) is 10.3 Å². The van der Waals surface area contributed by atoms with E-state index >= 15 is 0 Å². The molecule has 0 unspecified atom stereocenters. The molecule has 21 heavy (non-hydrogen) atoms. The fourth-order valence-electron chi connectivity index (χ4n) is 1.79. The lowest BCUT2D eigenvalue weighted by atomic mass is 10.3. The van der Waals surface area contributed by atoms with Crippen LogP contribution in [0, 0.1) is 0 Å². The van der Waals surface area contributed by atoms with Gasteiger partial charge in [-0.1, -0.05) is 13.8 Å². The molecule has 0 atom stereocenters. The largest absolute Gasteiger partial charge is 0.486 e. The van der Waals surface area contributed by atoms with E-state index < -0.39 is 19.1 Å². The molecule has 0 amide bonds. The maximum atomic E-state index is 12.9. The van der Waals surface area contributed by atoms with E-state index in [0.717, 1.165) is 32.0 Å². The van der Waals surface area contributed by atoms with Gasteiger partial charge in [0.05, 0.1) is 12.7 Å². The second kappa shape index (κ2) is 8.74. The first-order valence-electron chi connectivity index (χ1n) is 7.23. The Morgan fingerprint density at radius 2 is 2.00 bits per heavy atom. The van der Waals surface area contributed by atoms with E-state index in [4.69, 9.17) is 10.5 Å². The van der Waals surface area contributed by atoms with Crippen LogP contribution in [0.2, 0.25) is 0 Å². The number of hydrogen-bond donors (Lipinski definition) is 2. The van der Waals surface area contributed by atoms with Gasteiger partial charge >= 0.3 is 0 Å². The number of anilines is 1. The average molecular weight is 302 g/mol. The summed E-state index contributed by atoms with van der Waals surface area (Å²) in [5.74, 6) is -1.84. The predicted octanol–water partition coefficient (Wildman–Crippen LogP) is 1.49. The smallest absolute Gasteiger partial charge is 0.293 e. The minimum absolute atomic E-state index is 0.326. The lowest BCUT2D eigenvalue weighted by Crippen LogP contribution is -2.43. The fourth-order valence-corrected chi connectivity index (χ4v) is 1.79. The van der Waals surface area contributed by atoms with Crippen LogP contribution in [0.15, 0.2) is 18.3 Å². The van der Waals surface area contributed by atoms with E-state index in [2.05, 4.69) is 15.2 Å². The van der Waals surface area contributed by atoms with Crippen LogP contribution >= 0.6 is 0 Å². The SMILES string of the molecule is CC.NCC(F)(F)COc1ccc(N2CCNCC2)nc1. The predicted molar refractivity (Wildman–Crippen MR) is 80.2 cm³/mol. The first-order valence-corrected chi connectivity index (χ1v) is 7.23. The number of halogens is 2. The van der Waals surface area contributed by atoms with Gasteiger partial charge in [0.1, 0.15) is 11.6 Å². The van der Waals surface area contributed by atoms with Gasteiger partial charge in [-0.2, -0.15) is 0 Å². The molecular weight excluding hydrogens is 278 g/mol. The molecule has 2 heterocycles. The number of piperazine rings is 1. The molecule has 1 saturated heterocycles. The van der Waals surface area contributed by atoms with E-state index in [-0.39, 0.29) is 0 Å². The van der Waals surface area contributed by atoms with Gasteiger partial charge < -0.3 is 20.7 Å². The number of alkyl halides is 2. The van der Waals surface area contributed by atoms with Gasteiger partial charge in [-0.3, -0.25) is 0 Å². The summed E-state index contributed by atoms with van der Waals surface area (Å²) in [4.78, 5) is 6.36. The van der Waals surface area contributed by atoms with Crippen LogP contribution in [-0.2, 0) is 0 Å². The topological polar surface area (TPSA) is 63.4 Å². The zero-order valence-corrected chi connectivity index (χ0v) is 12.6. The van der Waals surface area contributed by atoms with Crippen molar-refractivity contribution in [1.29, 1.82) is 0 Å². The normalized spacial score (nSPS) is 15.2. The first kappa shape index (κ1) is 17.6. The van der Waals surface area contributed by atoms with Gasteiger partial charge in [-0.05, 0) is 12.1 Å². The molecule has 1 fully saturated rings. The quantitative estimate of drug-likeness (QED) is 0.863. The van der Waals surface area contributed by atoms with E-state index in [9.17, 15) is 8.78 Å². The Balaban J connectivity index is 0.00000106. The number of ether oxygens (including phenoxy) is 1. The van der Waals surface area contributed by atoms with E-state index in [1.54, 1.807) is 12.1 Å². The lowest BCUT2D eigenvalue weighted by molar-refractivity contribution is -0.0320. The lowest BCUT2D eigenvalue weighted by Gasteiger charge is -2.28. The Bertz CT molecular complexity index is 394. The Morgan fingerprint density at radius 3 is 2.52 bits per heavy atom. The highest BCUT2D eigenvalue weighted by atomic mass is 19.3. The van der Waals surface area contributed by atoms with Gasteiger partial charge in [-0.25, -0.2) is 13.8 Å². The summed E-state index contributed by atoms with van der Waals surface area (Å²) in [6.07, 6.45) is 1.46. The van der Waals surface area contributed by atoms with Crippen molar-refractivity contribution in [2.45, 2.75) is 19.8 Å². The highest BCUT2D eigenvalue weighted by Crippen LogP contribution is 2.18. The third kappa shape index (κ3) is 5.81. The molecule has 1 aliphatic heterocycles. The molecule has 7 heteroatoms. The van der Waals surface area contributed by atoms with Crippen LogP contribution in [0.3, 0.4) is 0 Å². The Hall–Kier alpha value is -1.47. The van der Waals surface area contributed by atoms with Crippen molar-refractivity contribution in [2.24, 2.45) is 5.73 Å². The Morgan fingerprint density at radius 1 is 1.33 bits per heavy atom. The van der Waals surface area contributed by atoms with Gasteiger partial charge in [-0.15, -0.1) is 0 Å². The highest BCUT2D eigenvalue weighted by molar-refractivity contribution is 5.41. The highest BCUT2D eigenvalue weighted by Gasteiger charge is 2.27. The molecule has 2 rings (SSSR count). The molecule has 1 aliphatic rings. The minimum atomic E-state index is -3.00. The van der Waals surface area contributed by atoms with Crippen LogP contribution in [0.4, 0.5) is 14.6 Å². The summed E-state index contributed by atoms with van der Waals surface area (Å²) in [5.41, 5.74) is 4.93. The van der Waals surface area contributed by atoms with Crippen molar-refractivity contribution >= 4 is 5.82 Å². The van der Waals surface area contributed by atoms with Crippen LogP contribution in [0.25, 0.3) is 0 Å². The van der Waals surface area contributed by atoms with Gasteiger partial charge in [0.2, 0.25) is 0 Å². The minimum Gasteiger partial charge on any atom is -0.486 e. The number of nitrogens with one attached hydrogen (secondary N) is 1. The van der Waals surface area contributed by atoms with Crippen LogP contribution in [-0.4, -0.2) is 50.2 Å². The number of hydrogen-bond acceptors (Lipinski definition) is 5. The van der Waals surface area contributed by atoms with Crippen LogP contribution in [0.1, 0.15) is 13.8 Å². The number of nitrogens with two attached hydrogens (primary N) is 1. The van der Waals surface area contributed by atoms with Crippen LogP contribution in [0.5, 0.6) is 5.75 Å². The molecule has 0 spiro atoms. The average Bonchev–Trinajstić information content (AvgIpc) is 2.56. The summed E-state index contributed by atoms with van der Waals surface area (Å²) < 4.78 is 30.8. The van der Waals surface area contributed by atoms with E-state index in [1.165, 1.54) is 6.20 Å². The Kier molecular flexibility index (Phi) is 7.31. The molecule has 3 N–H and O–H groups in total. The molecule has 0 bridgehead atoms. The number of rotatable bonds is 5. The number of nitrogens with zero attached hydrogens (tertiary/aromatic N) is 2. The maximum absolute atomic E-state index is 12.9. The molecule has 5 nitrogen and oxygen atoms in total. The summed E-state index contributed by atoms with van der Waals surface area (Å²) in [5, 5.41) is 3.25. The summed E-state index contributed by atoms with van der Waals surface area (Å²) in [6, 6.07) is 3.43. The van der Waals surface area contributed by atoms with Crippen molar-refractivity contribution in [3.63, 3.8) is 0 Å². The van der Waals surface area contributed by atoms with E-state index in [1.807, 2.05) is 13.8 Å². The molecule has 1 aromatic rings. The molecule has 0 aromatic carbocycles. The van der Waals surface area contributed by atoms with Gasteiger partial charge in [0.25, 0.3) is 5.92 Å². The summed E-state index contributed by atoms with van der Waals surface area (Å²) in [7, 11) is 0. The van der Waals surface area contributed by atoms with Crippen molar-refractivity contribution in [3.05, 3.63) is 18.3 Å². The second-order valence-corrected chi connectivity index (χ2v) is 4.44. The maximum Gasteiger partial charge on any atom is 0.293 e. The molecule has 0 saturated carbocycles. The zero-order chi connectivity index (χ0) is 15.7. The number of pyridine rings is 1. The van der Waals surface area contributed by atoms with Gasteiger partial charge in [0, 0.05) is 26.2 Å². The standard InChI is InChI=1S/C12H18F2N4O.C2H6/c13-12(14,8-15)9-19-10-1-2-11(17-7-10)18-5-3-16-4-6-18;1-2/h1-2,7,16H,3-6,8-9,15H2;1-2H3. The third-order valence-electron chi connectivity index (χ3n) is 2.91. The number of aromatic nitrogens is 1. The molecule has 120 valence electrons. The molecule has 1 aromatic heterocycles. The summed E-state index contributed by atoms with van der Waals surface area (Å²) >= 11 is 0. The zero-order valence-electron chi connectivity index (χ0n) is 12.6. The summed E-state index contributed by atoms with van der Waals surface area (Å²) in [6.45, 7) is 6.17. The Labute approximate surface area is 124 Å². The van der Waals surface area contributed by atoms with Gasteiger partial charge in [0.15, 0.2) is 6.61 Å². The molecule has 0 aliphatic carbocycles. The molecular formula is C14H24F2N4O. The second-order valence-electron chi connectivity index (χ2n) is 4.44.